The SMILES string of the molecule is CCCOc1c(Cl)cc(C=C2C(=O)N(c3ccccc3)C(=O)N(c3ccccc3)C2=O)cc1OCC. The van der Waals surface area contributed by atoms with Gasteiger partial charge in [0.25, 0.3) is 11.8 Å². The summed E-state index contributed by atoms with van der Waals surface area (Å²) in [6.45, 7) is 4.63. The molecular weight excluding hydrogens is 480 g/mol. The van der Waals surface area contributed by atoms with Gasteiger partial charge < -0.3 is 9.47 Å². The van der Waals surface area contributed by atoms with Crippen molar-refractivity contribution in [1.29, 1.82) is 0 Å². The summed E-state index contributed by atoms with van der Waals surface area (Å²) in [4.78, 5) is 42.5. The number of hydrogen-bond donors (Lipinski definition) is 0. The largest absolute Gasteiger partial charge is 0.490 e. The van der Waals surface area contributed by atoms with Crippen LogP contribution in [0.5, 0.6) is 11.5 Å². The molecule has 0 bridgehead atoms. The monoisotopic (exact) mass is 504 g/mol. The lowest BCUT2D eigenvalue weighted by Gasteiger charge is -2.34. The molecule has 1 fully saturated rings. The summed E-state index contributed by atoms with van der Waals surface area (Å²) in [6.07, 6.45) is 2.20. The maximum atomic E-state index is 13.5. The summed E-state index contributed by atoms with van der Waals surface area (Å²) in [7, 11) is 0. The van der Waals surface area contributed by atoms with E-state index in [2.05, 4.69) is 0 Å². The van der Waals surface area contributed by atoms with Gasteiger partial charge in [-0.25, -0.2) is 14.6 Å². The zero-order valence-corrected chi connectivity index (χ0v) is 20.7. The van der Waals surface area contributed by atoms with Crippen molar-refractivity contribution in [3.8, 4) is 11.5 Å². The minimum atomic E-state index is -0.754. The van der Waals surface area contributed by atoms with Crippen molar-refractivity contribution in [2.75, 3.05) is 23.0 Å². The number of hydrogen-bond acceptors (Lipinski definition) is 5. The lowest BCUT2D eigenvalue weighted by atomic mass is 10.0. The fourth-order valence-corrected chi connectivity index (χ4v) is 4.06. The highest BCUT2D eigenvalue weighted by molar-refractivity contribution is 6.46. The molecule has 1 heterocycles. The highest BCUT2D eigenvalue weighted by Crippen LogP contribution is 2.38. The van der Waals surface area contributed by atoms with Crippen LogP contribution in [0.2, 0.25) is 5.02 Å². The first-order valence-corrected chi connectivity index (χ1v) is 12.0. The maximum absolute atomic E-state index is 13.5. The highest BCUT2D eigenvalue weighted by atomic mass is 35.5. The van der Waals surface area contributed by atoms with Crippen molar-refractivity contribution in [2.45, 2.75) is 20.3 Å². The van der Waals surface area contributed by atoms with Crippen molar-refractivity contribution >= 4 is 46.9 Å². The summed E-state index contributed by atoms with van der Waals surface area (Å²) < 4.78 is 11.5. The van der Waals surface area contributed by atoms with Gasteiger partial charge in [0.2, 0.25) is 0 Å². The molecule has 4 amide bonds. The lowest BCUT2D eigenvalue weighted by molar-refractivity contribution is -0.121. The van der Waals surface area contributed by atoms with E-state index in [0.717, 1.165) is 16.2 Å². The summed E-state index contributed by atoms with van der Waals surface area (Å²) in [5, 5.41) is 0.285. The maximum Gasteiger partial charge on any atom is 0.343 e. The number of anilines is 2. The molecule has 1 aliphatic heterocycles. The Morgan fingerprint density at radius 3 is 1.86 bits per heavy atom. The standard InChI is InChI=1S/C28H25ClN2O5/c1-3-15-36-25-23(29)17-19(18-24(25)35-4-2)16-22-26(32)30(20-11-7-5-8-12-20)28(34)31(27(22)33)21-13-9-6-10-14-21/h5-14,16-18H,3-4,15H2,1-2H3. The third kappa shape index (κ3) is 4.97. The Hall–Kier alpha value is -4.10. The van der Waals surface area contributed by atoms with Crippen LogP contribution in [0.1, 0.15) is 25.8 Å². The summed E-state index contributed by atoms with van der Waals surface area (Å²) >= 11 is 6.49. The van der Waals surface area contributed by atoms with Gasteiger partial charge in [0.05, 0.1) is 29.6 Å². The number of para-hydroxylation sites is 2. The van der Waals surface area contributed by atoms with Gasteiger partial charge in [0.1, 0.15) is 5.57 Å². The quantitative estimate of drug-likeness (QED) is 0.273. The van der Waals surface area contributed by atoms with Crippen molar-refractivity contribution in [3.05, 3.63) is 89.0 Å². The molecule has 0 radical (unpaired) electrons. The molecule has 0 spiro atoms. The Balaban J connectivity index is 1.84. The number of carbonyl (C=O) groups is 3. The van der Waals surface area contributed by atoms with E-state index in [1.165, 1.54) is 6.08 Å². The van der Waals surface area contributed by atoms with Gasteiger partial charge in [0, 0.05) is 0 Å². The Morgan fingerprint density at radius 1 is 0.806 bits per heavy atom. The van der Waals surface area contributed by atoms with Crippen LogP contribution in [-0.2, 0) is 9.59 Å². The van der Waals surface area contributed by atoms with E-state index in [1.54, 1.807) is 72.8 Å². The van der Waals surface area contributed by atoms with Crippen LogP contribution in [0.15, 0.2) is 78.4 Å². The van der Waals surface area contributed by atoms with E-state index in [0.29, 0.717) is 41.7 Å². The normalized spacial score (nSPS) is 13.8. The predicted molar refractivity (Wildman–Crippen MR) is 140 cm³/mol. The van der Waals surface area contributed by atoms with Gasteiger partial charge in [-0.3, -0.25) is 9.59 Å². The van der Waals surface area contributed by atoms with E-state index in [-0.39, 0.29) is 10.6 Å². The highest BCUT2D eigenvalue weighted by Gasteiger charge is 2.43. The molecule has 0 aliphatic carbocycles. The third-order valence-electron chi connectivity index (χ3n) is 5.37. The van der Waals surface area contributed by atoms with E-state index in [1.807, 2.05) is 13.8 Å². The van der Waals surface area contributed by atoms with Crippen molar-refractivity contribution < 1.29 is 23.9 Å². The molecule has 7 nitrogen and oxygen atoms in total. The second-order valence-electron chi connectivity index (χ2n) is 7.90. The van der Waals surface area contributed by atoms with Crippen LogP contribution >= 0.6 is 11.6 Å². The number of urea groups is 1. The van der Waals surface area contributed by atoms with Crippen LogP contribution in [0, 0.1) is 0 Å². The van der Waals surface area contributed by atoms with Gasteiger partial charge >= 0.3 is 6.03 Å². The van der Waals surface area contributed by atoms with Crippen LogP contribution in [-0.4, -0.2) is 31.1 Å². The minimum Gasteiger partial charge on any atom is -0.490 e. The van der Waals surface area contributed by atoms with Gasteiger partial charge in [-0.05, 0) is 61.4 Å². The fraction of sp³-hybridized carbons (Fsp3) is 0.179. The fourth-order valence-electron chi connectivity index (χ4n) is 3.78. The Labute approximate surface area is 214 Å². The zero-order valence-electron chi connectivity index (χ0n) is 19.9. The zero-order chi connectivity index (χ0) is 25.7. The van der Waals surface area contributed by atoms with Crippen molar-refractivity contribution in [3.63, 3.8) is 0 Å². The van der Waals surface area contributed by atoms with Crippen molar-refractivity contribution in [2.24, 2.45) is 0 Å². The van der Waals surface area contributed by atoms with Gasteiger partial charge in [-0.15, -0.1) is 0 Å². The number of ether oxygens (including phenoxy) is 2. The molecule has 8 heteroatoms. The first-order chi connectivity index (χ1) is 17.5. The molecule has 3 aromatic rings. The number of benzene rings is 3. The average Bonchev–Trinajstić information content (AvgIpc) is 2.88. The predicted octanol–water partition coefficient (Wildman–Crippen LogP) is 6.11. The number of barbiturate groups is 1. The van der Waals surface area contributed by atoms with Crippen LogP contribution < -0.4 is 19.3 Å². The second-order valence-corrected chi connectivity index (χ2v) is 8.31. The van der Waals surface area contributed by atoms with Crippen LogP contribution in [0.25, 0.3) is 6.08 Å². The van der Waals surface area contributed by atoms with Gasteiger partial charge in [-0.1, -0.05) is 54.9 Å². The Kier molecular flexibility index (Phi) is 7.71. The Bertz CT molecular complexity index is 1240. The summed E-state index contributed by atoms with van der Waals surface area (Å²) in [5.41, 5.74) is 0.966. The smallest absolute Gasteiger partial charge is 0.343 e. The molecule has 3 aromatic carbocycles. The first kappa shape index (κ1) is 25.0. The van der Waals surface area contributed by atoms with E-state index in [4.69, 9.17) is 21.1 Å². The first-order valence-electron chi connectivity index (χ1n) is 11.6. The number of imide groups is 2. The molecular formula is C28H25ClN2O5. The molecule has 4 rings (SSSR count). The van der Waals surface area contributed by atoms with Gasteiger partial charge in [-0.2, -0.15) is 0 Å². The topological polar surface area (TPSA) is 76.2 Å². The number of halogens is 1. The molecule has 0 aromatic heterocycles. The van der Waals surface area contributed by atoms with Crippen LogP contribution in [0.4, 0.5) is 16.2 Å². The molecule has 0 saturated carbocycles. The molecule has 0 atom stereocenters. The number of carbonyl (C=O) groups excluding carboxylic acids is 3. The number of nitrogens with zero attached hydrogens (tertiary/aromatic N) is 2. The minimum absolute atomic E-state index is 0.192. The van der Waals surface area contributed by atoms with E-state index < -0.39 is 17.8 Å². The molecule has 0 unspecified atom stereocenters. The third-order valence-corrected chi connectivity index (χ3v) is 5.65. The van der Waals surface area contributed by atoms with Gasteiger partial charge in [0.15, 0.2) is 11.5 Å². The summed E-state index contributed by atoms with van der Waals surface area (Å²) in [6, 6.07) is 19.4. The molecule has 0 N–H and O–H groups in total. The molecule has 36 heavy (non-hydrogen) atoms. The number of amides is 4. The van der Waals surface area contributed by atoms with Crippen molar-refractivity contribution in [1.82, 2.24) is 0 Å². The Morgan fingerprint density at radius 2 is 1.36 bits per heavy atom. The molecule has 1 aliphatic rings. The summed E-state index contributed by atoms with van der Waals surface area (Å²) in [5.74, 6) is -0.666. The molecule has 184 valence electrons. The molecule has 1 saturated heterocycles. The lowest BCUT2D eigenvalue weighted by Crippen LogP contribution is -2.57. The van der Waals surface area contributed by atoms with E-state index in [9.17, 15) is 14.4 Å². The van der Waals surface area contributed by atoms with E-state index >= 15 is 0 Å². The number of rotatable bonds is 8. The average molecular weight is 505 g/mol. The second kappa shape index (κ2) is 11.1. The van der Waals surface area contributed by atoms with Crippen LogP contribution in [0.3, 0.4) is 0 Å².